The van der Waals surface area contributed by atoms with Gasteiger partial charge in [-0.3, -0.25) is 9.69 Å². The van der Waals surface area contributed by atoms with E-state index in [4.69, 9.17) is 4.74 Å². The maximum absolute atomic E-state index is 13.4. The number of carboxylic acid groups (broad SMARTS) is 1. The summed E-state index contributed by atoms with van der Waals surface area (Å²) in [6, 6.07) is 21.8. The largest absolute Gasteiger partial charge is 0.489 e. The van der Waals surface area contributed by atoms with E-state index in [0.29, 0.717) is 37.3 Å². The van der Waals surface area contributed by atoms with Crippen LogP contribution in [0.4, 0.5) is 13.2 Å². The Balaban J connectivity index is 1.62. The third-order valence-corrected chi connectivity index (χ3v) is 6.14. The van der Waals surface area contributed by atoms with Gasteiger partial charge in [0.05, 0.1) is 17.5 Å². The van der Waals surface area contributed by atoms with Crippen LogP contribution in [0.5, 0.6) is 5.75 Å². The van der Waals surface area contributed by atoms with E-state index in [1.165, 1.54) is 6.07 Å². The molecule has 0 amide bonds. The van der Waals surface area contributed by atoms with Crippen molar-refractivity contribution < 1.29 is 27.8 Å². The van der Waals surface area contributed by atoms with Crippen LogP contribution in [-0.2, 0) is 17.6 Å². The van der Waals surface area contributed by atoms with Gasteiger partial charge in [0, 0.05) is 6.54 Å². The molecule has 1 fully saturated rings. The lowest BCUT2D eigenvalue weighted by atomic mass is 9.90. The highest BCUT2D eigenvalue weighted by atomic mass is 19.4. The molecule has 2 unspecified atom stereocenters. The van der Waals surface area contributed by atoms with Crippen molar-refractivity contribution >= 4 is 5.97 Å². The number of benzene rings is 3. The second-order valence-corrected chi connectivity index (χ2v) is 8.54. The van der Waals surface area contributed by atoms with Crippen LogP contribution in [0.1, 0.15) is 41.1 Å². The summed E-state index contributed by atoms with van der Waals surface area (Å²) in [5, 5.41) is 9.53. The second kappa shape index (κ2) is 10.3. The molecule has 0 spiro atoms. The maximum atomic E-state index is 13.4. The number of carbonyl (C=O) groups is 1. The van der Waals surface area contributed by atoms with E-state index in [1.807, 2.05) is 47.4 Å². The van der Waals surface area contributed by atoms with Gasteiger partial charge < -0.3 is 9.84 Å². The molecule has 1 aliphatic rings. The van der Waals surface area contributed by atoms with Crippen molar-refractivity contribution in [2.24, 2.45) is 5.92 Å². The average Bonchev–Trinajstić information content (AvgIpc) is 2.84. The molecule has 1 heterocycles. The second-order valence-electron chi connectivity index (χ2n) is 8.54. The summed E-state index contributed by atoms with van der Waals surface area (Å²) >= 11 is 0. The Labute approximate surface area is 196 Å². The highest BCUT2D eigenvalue weighted by Gasteiger charge is 2.34. The van der Waals surface area contributed by atoms with Gasteiger partial charge in [0.1, 0.15) is 12.4 Å². The smallest absolute Gasteiger partial charge is 0.416 e. The standard InChI is InChI=1S/C27H26F3NO3/c28-27(29,30)23-10-4-8-21(16-23)25(31-15-5-9-22(17-31)26(32)33)20-11-13-24(14-12-20)34-18-19-6-2-1-3-7-19/h1-4,6-8,10-14,16,22,25H,5,9,15,17-18H2,(H,32,33). The first-order chi connectivity index (χ1) is 16.3. The highest BCUT2D eigenvalue weighted by Crippen LogP contribution is 2.37. The zero-order valence-corrected chi connectivity index (χ0v) is 18.5. The Kier molecular flexibility index (Phi) is 7.22. The Bertz CT molecular complexity index is 1100. The number of aliphatic carboxylic acids is 1. The summed E-state index contributed by atoms with van der Waals surface area (Å²) in [6.07, 6.45) is -3.22. The molecule has 4 rings (SSSR count). The van der Waals surface area contributed by atoms with Crippen molar-refractivity contribution in [2.75, 3.05) is 13.1 Å². The van der Waals surface area contributed by atoms with Gasteiger partial charge in [0.15, 0.2) is 0 Å². The van der Waals surface area contributed by atoms with Crippen molar-refractivity contribution in [3.05, 3.63) is 101 Å². The van der Waals surface area contributed by atoms with E-state index >= 15 is 0 Å². The lowest BCUT2D eigenvalue weighted by Crippen LogP contribution is -2.41. The van der Waals surface area contributed by atoms with Gasteiger partial charge in [-0.2, -0.15) is 13.2 Å². The highest BCUT2D eigenvalue weighted by molar-refractivity contribution is 5.70. The predicted octanol–water partition coefficient (Wildman–Crippen LogP) is 6.17. The predicted molar refractivity (Wildman–Crippen MR) is 122 cm³/mol. The molecule has 3 aromatic rings. The van der Waals surface area contributed by atoms with E-state index in [2.05, 4.69) is 0 Å². The van der Waals surface area contributed by atoms with Crippen LogP contribution in [0.25, 0.3) is 0 Å². The normalized spacial score (nSPS) is 17.8. The Morgan fingerprint density at radius 3 is 2.41 bits per heavy atom. The van der Waals surface area contributed by atoms with Gasteiger partial charge in [-0.25, -0.2) is 0 Å². The number of alkyl halides is 3. The van der Waals surface area contributed by atoms with Crippen LogP contribution in [0.3, 0.4) is 0 Å². The van der Waals surface area contributed by atoms with Crippen LogP contribution >= 0.6 is 0 Å². The van der Waals surface area contributed by atoms with Crippen molar-refractivity contribution in [1.82, 2.24) is 4.90 Å². The zero-order chi connectivity index (χ0) is 24.1. The molecule has 0 aromatic heterocycles. The van der Waals surface area contributed by atoms with Crippen molar-refractivity contribution in [2.45, 2.75) is 31.7 Å². The molecule has 34 heavy (non-hydrogen) atoms. The number of carboxylic acids is 1. The monoisotopic (exact) mass is 469 g/mol. The number of rotatable bonds is 7. The van der Waals surface area contributed by atoms with Crippen molar-refractivity contribution in [3.63, 3.8) is 0 Å². The van der Waals surface area contributed by atoms with Crippen LogP contribution in [0, 0.1) is 5.92 Å². The molecule has 4 nitrogen and oxygen atoms in total. The summed E-state index contributed by atoms with van der Waals surface area (Å²) in [4.78, 5) is 13.6. The van der Waals surface area contributed by atoms with Gasteiger partial charge in [0.25, 0.3) is 0 Å². The Morgan fingerprint density at radius 2 is 1.74 bits per heavy atom. The van der Waals surface area contributed by atoms with E-state index in [1.54, 1.807) is 18.2 Å². The summed E-state index contributed by atoms with van der Waals surface area (Å²) in [7, 11) is 0. The Hall–Kier alpha value is -3.32. The fourth-order valence-corrected chi connectivity index (χ4v) is 4.43. The maximum Gasteiger partial charge on any atom is 0.416 e. The van der Waals surface area contributed by atoms with Gasteiger partial charge >= 0.3 is 12.1 Å². The number of hydrogen-bond acceptors (Lipinski definition) is 3. The molecule has 0 radical (unpaired) electrons. The van der Waals surface area contributed by atoms with Crippen molar-refractivity contribution in [1.29, 1.82) is 0 Å². The fourth-order valence-electron chi connectivity index (χ4n) is 4.43. The third-order valence-electron chi connectivity index (χ3n) is 6.14. The topological polar surface area (TPSA) is 49.8 Å². The van der Waals surface area contributed by atoms with Crippen molar-refractivity contribution in [3.8, 4) is 5.75 Å². The quantitative estimate of drug-likeness (QED) is 0.450. The minimum Gasteiger partial charge on any atom is -0.489 e. The molecule has 0 aliphatic carbocycles. The molecule has 1 saturated heterocycles. The first-order valence-electron chi connectivity index (χ1n) is 11.2. The number of ether oxygens (including phenoxy) is 1. The van der Waals surface area contributed by atoms with Gasteiger partial charge in [-0.15, -0.1) is 0 Å². The summed E-state index contributed by atoms with van der Waals surface area (Å²) in [5.74, 6) is -0.773. The van der Waals surface area contributed by atoms with E-state index < -0.39 is 29.7 Å². The Morgan fingerprint density at radius 1 is 1.00 bits per heavy atom. The molecule has 7 heteroatoms. The van der Waals surface area contributed by atoms with E-state index in [-0.39, 0.29) is 6.54 Å². The van der Waals surface area contributed by atoms with Crippen LogP contribution in [-0.4, -0.2) is 29.1 Å². The molecule has 2 atom stereocenters. The van der Waals surface area contributed by atoms with Gasteiger partial charge in [0.2, 0.25) is 0 Å². The van der Waals surface area contributed by atoms with Crippen LogP contribution in [0.2, 0.25) is 0 Å². The summed E-state index contributed by atoms with van der Waals surface area (Å²) in [5.41, 5.74) is 1.59. The molecular formula is C27H26F3NO3. The van der Waals surface area contributed by atoms with Crippen LogP contribution in [0.15, 0.2) is 78.9 Å². The minimum absolute atomic E-state index is 0.280. The molecule has 3 aromatic carbocycles. The average molecular weight is 470 g/mol. The summed E-state index contributed by atoms with van der Waals surface area (Å²) < 4.78 is 46.1. The number of hydrogen-bond donors (Lipinski definition) is 1. The molecular weight excluding hydrogens is 443 g/mol. The molecule has 1 N–H and O–H groups in total. The molecule has 0 bridgehead atoms. The number of halogens is 3. The number of likely N-dealkylation sites (tertiary alicyclic amines) is 1. The lowest BCUT2D eigenvalue weighted by molar-refractivity contribution is -0.143. The molecule has 178 valence electrons. The minimum atomic E-state index is -4.46. The third kappa shape index (κ3) is 5.78. The van der Waals surface area contributed by atoms with Crippen LogP contribution < -0.4 is 4.74 Å². The lowest BCUT2D eigenvalue weighted by Gasteiger charge is -2.37. The fraction of sp³-hybridized carbons (Fsp3) is 0.296. The van der Waals surface area contributed by atoms with E-state index in [9.17, 15) is 23.1 Å². The molecule has 0 saturated carbocycles. The zero-order valence-electron chi connectivity index (χ0n) is 18.5. The number of piperidine rings is 1. The summed E-state index contributed by atoms with van der Waals surface area (Å²) in [6.45, 7) is 1.29. The van der Waals surface area contributed by atoms with Gasteiger partial charge in [-0.1, -0.05) is 54.6 Å². The first kappa shape index (κ1) is 23.8. The molecule has 1 aliphatic heterocycles. The number of nitrogens with zero attached hydrogens (tertiary/aromatic N) is 1. The first-order valence-corrected chi connectivity index (χ1v) is 11.2. The SMILES string of the molecule is O=C(O)C1CCCN(C(c2ccc(OCc3ccccc3)cc2)c2cccc(C(F)(F)F)c2)C1. The van der Waals surface area contributed by atoms with Gasteiger partial charge in [-0.05, 0) is 60.3 Å². The van der Waals surface area contributed by atoms with E-state index in [0.717, 1.165) is 23.3 Å².